The summed E-state index contributed by atoms with van der Waals surface area (Å²) in [4.78, 5) is 11.3. The minimum absolute atomic E-state index is 0.220. The average molecular weight is 202 g/mol. The van der Waals surface area contributed by atoms with Crippen LogP contribution < -0.4 is 4.57 Å². The Morgan fingerprint density at radius 1 is 1.33 bits per heavy atom. The van der Waals surface area contributed by atoms with Crippen LogP contribution in [0.2, 0.25) is 0 Å². The Bertz CT molecular complexity index is 381. The minimum Gasteiger partial charge on any atom is -0.300 e. The first-order valence-electron chi connectivity index (χ1n) is 5.43. The van der Waals surface area contributed by atoms with Crippen molar-refractivity contribution in [1.82, 2.24) is 0 Å². The van der Waals surface area contributed by atoms with Crippen LogP contribution in [0, 0.1) is 5.92 Å². The van der Waals surface area contributed by atoms with Gasteiger partial charge in [0.05, 0.1) is 0 Å². The highest BCUT2D eigenvalue weighted by Gasteiger charge is 2.24. The molecule has 0 aliphatic heterocycles. The first-order chi connectivity index (χ1) is 7.27. The first-order valence-corrected chi connectivity index (χ1v) is 5.43. The Morgan fingerprint density at radius 3 is 2.73 bits per heavy atom. The van der Waals surface area contributed by atoms with E-state index in [9.17, 15) is 4.79 Å². The predicted octanol–water partition coefficient (Wildman–Crippen LogP) is 2.20. The van der Waals surface area contributed by atoms with E-state index in [4.69, 9.17) is 0 Å². The van der Waals surface area contributed by atoms with E-state index in [1.165, 1.54) is 5.70 Å². The van der Waals surface area contributed by atoms with E-state index in [0.29, 0.717) is 5.78 Å². The molecule has 0 bridgehead atoms. The van der Waals surface area contributed by atoms with Crippen LogP contribution in [0.3, 0.4) is 0 Å². The van der Waals surface area contributed by atoms with Crippen molar-refractivity contribution in [1.29, 1.82) is 0 Å². The third-order valence-corrected chi connectivity index (χ3v) is 2.97. The van der Waals surface area contributed by atoms with Gasteiger partial charge in [-0.05, 0) is 25.8 Å². The lowest BCUT2D eigenvalue weighted by atomic mass is 9.89. The van der Waals surface area contributed by atoms with Crippen LogP contribution in [0.5, 0.6) is 0 Å². The molecule has 2 nitrogen and oxygen atoms in total. The SMILES string of the molecule is CC(=O)C1CCC=C([n+]2ccccc2)C1. The molecular weight excluding hydrogens is 186 g/mol. The van der Waals surface area contributed by atoms with Crippen LogP contribution in [-0.2, 0) is 4.79 Å². The number of rotatable bonds is 2. The lowest BCUT2D eigenvalue weighted by Crippen LogP contribution is -2.34. The average Bonchev–Trinajstić information content (AvgIpc) is 2.30. The van der Waals surface area contributed by atoms with Gasteiger partial charge in [-0.1, -0.05) is 6.07 Å². The highest BCUT2D eigenvalue weighted by molar-refractivity contribution is 5.79. The second kappa shape index (κ2) is 4.39. The lowest BCUT2D eigenvalue weighted by Gasteiger charge is -2.16. The van der Waals surface area contributed by atoms with Gasteiger partial charge in [0, 0.05) is 24.5 Å². The van der Waals surface area contributed by atoms with Crippen LogP contribution in [-0.4, -0.2) is 5.78 Å². The van der Waals surface area contributed by atoms with Gasteiger partial charge in [0.15, 0.2) is 18.1 Å². The number of Topliss-reactive ketones (excluding diaryl/α,β-unsaturated/α-hetero) is 1. The van der Waals surface area contributed by atoms with E-state index in [1.54, 1.807) is 6.92 Å². The van der Waals surface area contributed by atoms with Crippen molar-refractivity contribution in [3.63, 3.8) is 0 Å². The highest BCUT2D eigenvalue weighted by atomic mass is 16.1. The van der Waals surface area contributed by atoms with Crippen molar-refractivity contribution in [3.8, 4) is 0 Å². The summed E-state index contributed by atoms with van der Waals surface area (Å²) in [5, 5.41) is 0. The van der Waals surface area contributed by atoms with Crippen molar-refractivity contribution in [2.24, 2.45) is 5.92 Å². The van der Waals surface area contributed by atoms with Gasteiger partial charge in [-0.15, -0.1) is 0 Å². The van der Waals surface area contributed by atoms with E-state index in [1.807, 2.05) is 30.6 Å². The monoisotopic (exact) mass is 202 g/mol. The molecule has 1 aromatic rings. The number of hydrogen-bond acceptors (Lipinski definition) is 1. The van der Waals surface area contributed by atoms with Crippen LogP contribution in [0.4, 0.5) is 0 Å². The number of allylic oxidation sites excluding steroid dienone is 2. The molecule has 0 aromatic carbocycles. The maximum absolute atomic E-state index is 11.3. The van der Waals surface area contributed by atoms with Crippen molar-refractivity contribution >= 4 is 11.5 Å². The molecule has 1 aromatic heterocycles. The van der Waals surface area contributed by atoms with Crippen LogP contribution in [0.15, 0.2) is 36.7 Å². The van der Waals surface area contributed by atoms with Gasteiger partial charge in [-0.2, -0.15) is 4.57 Å². The number of carbonyl (C=O) groups excluding carboxylic acids is 1. The van der Waals surface area contributed by atoms with Gasteiger partial charge < -0.3 is 0 Å². The smallest absolute Gasteiger partial charge is 0.183 e. The minimum atomic E-state index is 0.220. The van der Waals surface area contributed by atoms with Gasteiger partial charge in [-0.3, -0.25) is 4.79 Å². The third-order valence-electron chi connectivity index (χ3n) is 2.97. The topological polar surface area (TPSA) is 20.9 Å². The van der Waals surface area contributed by atoms with Gasteiger partial charge in [0.2, 0.25) is 0 Å². The number of hydrogen-bond donors (Lipinski definition) is 0. The normalized spacial score (nSPS) is 20.9. The van der Waals surface area contributed by atoms with Crippen molar-refractivity contribution < 1.29 is 9.36 Å². The van der Waals surface area contributed by atoms with Crippen molar-refractivity contribution in [2.75, 3.05) is 0 Å². The lowest BCUT2D eigenvalue weighted by molar-refractivity contribution is -0.584. The molecule has 0 N–H and O–H groups in total. The van der Waals surface area contributed by atoms with E-state index < -0.39 is 0 Å². The van der Waals surface area contributed by atoms with E-state index >= 15 is 0 Å². The Hall–Kier alpha value is -1.44. The molecule has 1 heterocycles. The Labute approximate surface area is 90.2 Å². The maximum Gasteiger partial charge on any atom is 0.183 e. The van der Waals surface area contributed by atoms with E-state index in [2.05, 4.69) is 10.6 Å². The fourth-order valence-electron chi connectivity index (χ4n) is 2.04. The molecule has 15 heavy (non-hydrogen) atoms. The fourth-order valence-corrected chi connectivity index (χ4v) is 2.04. The molecule has 1 atom stereocenters. The zero-order valence-electron chi connectivity index (χ0n) is 9.02. The summed E-state index contributed by atoms with van der Waals surface area (Å²) >= 11 is 0. The predicted molar refractivity (Wildman–Crippen MR) is 58.9 cm³/mol. The molecule has 78 valence electrons. The summed E-state index contributed by atoms with van der Waals surface area (Å²) in [6.07, 6.45) is 9.21. The van der Waals surface area contributed by atoms with Gasteiger partial charge in [0.25, 0.3) is 0 Å². The molecule has 1 unspecified atom stereocenters. The molecule has 0 fully saturated rings. The fraction of sp³-hybridized carbons (Fsp3) is 0.385. The van der Waals surface area contributed by atoms with Crippen LogP contribution >= 0.6 is 0 Å². The summed E-state index contributed by atoms with van der Waals surface area (Å²) in [6.45, 7) is 1.70. The van der Waals surface area contributed by atoms with E-state index in [0.717, 1.165) is 19.3 Å². The molecule has 0 saturated heterocycles. The zero-order valence-corrected chi connectivity index (χ0v) is 9.02. The number of nitrogens with zero attached hydrogens (tertiary/aromatic N) is 1. The summed E-state index contributed by atoms with van der Waals surface area (Å²) in [5.41, 5.74) is 1.25. The first kappa shape index (κ1) is 10.1. The van der Waals surface area contributed by atoms with E-state index in [-0.39, 0.29) is 5.92 Å². The van der Waals surface area contributed by atoms with Crippen molar-refractivity contribution in [2.45, 2.75) is 26.2 Å². The summed E-state index contributed by atoms with van der Waals surface area (Å²) in [5.74, 6) is 0.537. The number of aromatic nitrogens is 1. The molecule has 0 amide bonds. The molecule has 2 rings (SSSR count). The highest BCUT2D eigenvalue weighted by Crippen LogP contribution is 2.24. The van der Waals surface area contributed by atoms with Crippen molar-refractivity contribution in [3.05, 3.63) is 36.7 Å². The largest absolute Gasteiger partial charge is 0.300 e. The molecule has 0 spiro atoms. The van der Waals surface area contributed by atoms with Crippen LogP contribution in [0.1, 0.15) is 26.2 Å². The third kappa shape index (κ3) is 2.32. The van der Waals surface area contributed by atoms with Crippen LogP contribution in [0.25, 0.3) is 5.70 Å². The quantitative estimate of drug-likeness (QED) is 0.673. The maximum atomic E-state index is 11.3. The summed E-state index contributed by atoms with van der Waals surface area (Å²) < 4.78 is 2.11. The molecule has 0 saturated carbocycles. The zero-order chi connectivity index (χ0) is 10.7. The number of pyridine rings is 1. The number of ketones is 1. The summed E-state index contributed by atoms with van der Waals surface area (Å²) in [6, 6.07) is 6.03. The van der Waals surface area contributed by atoms with Gasteiger partial charge in [0.1, 0.15) is 5.78 Å². The van der Waals surface area contributed by atoms with Gasteiger partial charge >= 0.3 is 0 Å². The molecule has 0 radical (unpaired) electrons. The molecular formula is C13H16NO+. The Morgan fingerprint density at radius 2 is 2.07 bits per heavy atom. The number of carbonyl (C=O) groups is 1. The van der Waals surface area contributed by atoms with Gasteiger partial charge in [-0.25, -0.2) is 0 Å². The Kier molecular flexibility index (Phi) is 2.95. The second-order valence-corrected chi connectivity index (χ2v) is 4.07. The molecule has 1 aliphatic carbocycles. The summed E-state index contributed by atoms with van der Waals surface area (Å²) in [7, 11) is 0. The Balaban J connectivity index is 2.18. The second-order valence-electron chi connectivity index (χ2n) is 4.07. The molecule has 1 aliphatic rings. The molecule has 2 heteroatoms. The standard InChI is InChI=1S/C13H16NO/c1-11(15)12-6-5-7-13(10-12)14-8-3-2-4-9-14/h2-4,7-9,12H,5-6,10H2,1H3/q+1.